The van der Waals surface area contributed by atoms with Gasteiger partial charge in [0, 0.05) is 18.7 Å². The second-order valence-electron chi connectivity index (χ2n) is 5.33. The third kappa shape index (κ3) is 2.53. The van der Waals surface area contributed by atoms with E-state index in [1.54, 1.807) is 39.0 Å². The SMILES string of the molecule is CC(C)(C)OC(=O)c1cccc2c1C(=O)CCN2. The van der Waals surface area contributed by atoms with Gasteiger partial charge in [-0.25, -0.2) is 4.79 Å². The number of hydrogen-bond donors (Lipinski definition) is 1. The third-order valence-corrected chi connectivity index (χ3v) is 2.63. The number of carbonyl (C=O) groups is 2. The number of ketones is 1. The summed E-state index contributed by atoms with van der Waals surface area (Å²) in [6.45, 7) is 6.03. The van der Waals surface area contributed by atoms with Crippen LogP contribution in [0.15, 0.2) is 18.2 Å². The van der Waals surface area contributed by atoms with Gasteiger partial charge in [0.15, 0.2) is 5.78 Å². The minimum Gasteiger partial charge on any atom is -0.456 e. The molecule has 4 nitrogen and oxygen atoms in total. The molecule has 96 valence electrons. The van der Waals surface area contributed by atoms with E-state index in [-0.39, 0.29) is 5.78 Å². The Hall–Kier alpha value is -1.84. The number of esters is 1. The monoisotopic (exact) mass is 247 g/mol. The van der Waals surface area contributed by atoms with Crippen molar-refractivity contribution in [2.75, 3.05) is 11.9 Å². The zero-order valence-corrected chi connectivity index (χ0v) is 10.9. The second-order valence-corrected chi connectivity index (χ2v) is 5.33. The maximum atomic E-state index is 12.1. The molecule has 4 heteroatoms. The molecule has 0 unspecified atom stereocenters. The largest absolute Gasteiger partial charge is 0.456 e. The predicted molar refractivity (Wildman–Crippen MR) is 69.0 cm³/mol. The van der Waals surface area contributed by atoms with E-state index in [1.165, 1.54) is 0 Å². The van der Waals surface area contributed by atoms with E-state index in [9.17, 15) is 9.59 Å². The minimum atomic E-state index is -0.565. The van der Waals surface area contributed by atoms with Crippen LogP contribution >= 0.6 is 0 Å². The van der Waals surface area contributed by atoms with Gasteiger partial charge in [0.1, 0.15) is 5.60 Å². The Morgan fingerprint density at radius 2 is 2.06 bits per heavy atom. The van der Waals surface area contributed by atoms with Crippen LogP contribution in [0, 0.1) is 0 Å². The van der Waals surface area contributed by atoms with Gasteiger partial charge < -0.3 is 10.1 Å². The molecule has 1 aromatic carbocycles. The smallest absolute Gasteiger partial charge is 0.339 e. The van der Waals surface area contributed by atoms with Gasteiger partial charge in [0.2, 0.25) is 0 Å². The van der Waals surface area contributed by atoms with E-state index >= 15 is 0 Å². The van der Waals surface area contributed by atoms with Gasteiger partial charge in [-0.15, -0.1) is 0 Å². The number of fused-ring (bicyclic) bond motifs is 1. The van der Waals surface area contributed by atoms with Gasteiger partial charge in [0.25, 0.3) is 0 Å². The highest BCUT2D eigenvalue weighted by Gasteiger charge is 2.26. The molecule has 1 aromatic rings. The van der Waals surface area contributed by atoms with E-state index in [1.807, 2.05) is 0 Å². The first-order valence-electron chi connectivity index (χ1n) is 6.02. The van der Waals surface area contributed by atoms with Crippen LogP contribution in [0.25, 0.3) is 0 Å². The van der Waals surface area contributed by atoms with E-state index in [0.717, 1.165) is 5.69 Å². The van der Waals surface area contributed by atoms with E-state index < -0.39 is 11.6 Å². The van der Waals surface area contributed by atoms with Crippen LogP contribution in [0.5, 0.6) is 0 Å². The summed E-state index contributed by atoms with van der Waals surface area (Å²) in [5.74, 6) is -0.457. The molecule has 1 aliphatic rings. The summed E-state index contributed by atoms with van der Waals surface area (Å²) in [5.41, 5.74) is 0.956. The number of carbonyl (C=O) groups excluding carboxylic acids is 2. The fourth-order valence-corrected chi connectivity index (χ4v) is 1.94. The summed E-state index contributed by atoms with van der Waals surface area (Å²) in [4.78, 5) is 24.0. The number of rotatable bonds is 1. The molecule has 0 amide bonds. The fraction of sp³-hybridized carbons (Fsp3) is 0.429. The number of benzene rings is 1. The van der Waals surface area contributed by atoms with Crippen LogP contribution in [0.4, 0.5) is 5.69 Å². The number of anilines is 1. The molecule has 0 aromatic heterocycles. The van der Waals surface area contributed by atoms with Gasteiger partial charge in [-0.05, 0) is 32.9 Å². The van der Waals surface area contributed by atoms with Crippen molar-refractivity contribution in [1.82, 2.24) is 0 Å². The molecule has 0 saturated heterocycles. The Bertz CT molecular complexity index is 500. The van der Waals surface area contributed by atoms with Crippen molar-refractivity contribution in [3.05, 3.63) is 29.3 Å². The molecule has 0 aliphatic carbocycles. The van der Waals surface area contributed by atoms with Crippen LogP contribution in [0.1, 0.15) is 47.9 Å². The number of hydrogen-bond acceptors (Lipinski definition) is 4. The summed E-state index contributed by atoms with van der Waals surface area (Å²) in [6, 6.07) is 5.20. The summed E-state index contributed by atoms with van der Waals surface area (Å²) >= 11 is 0. The van der Waals surface area contributed by atoms with E-state index in [2.05, 4.69) is 5.32 Å². The molecular weight excluding hydrogens is 230 g/mol. The van der Waals surface area contributed by atoms with Crippen molar-refractivity contribution in [2.24, 2.45) is 0 Å². The van der Waals surface area contributed by atoms with Crippen molar-refractivity contribution >= 4 is 17.4 Å². The Kier molecular flexibility index (Phi) is 3.11. The third-order valence-electron chi connectivity index (χ3n) is 2.63. The molecule has 1 heterocycles. The Labute approximate surface area is 106 Å². The lowest BCUT2D eigenvalue weighted by Gasteiger charge is -2.23. The van der Waals surface area contributed by atoms with Crippen molar-refractivity contribution in [3.63, 3.8) is 0 Å². The Morgan fingerprint density at radius 3 is 2.72 bits per heavy atom. The number of ether oxygens (including phenoxy) is 1. The molecule has 0 atom stereocenters. The standard InChI is InChI=1S/C14H17NO3/c1-14(2,3)18-13(17)9-5-4-6-10-12(9)11(16)7-8-15-10/h4-6,15H,7-8H2,1-3H3. The molecule has 0 spiro atoms. The summed E-state index contributed by atoms with van der Waals surface area (Å²) in [7, 11) is 0. The van der Waals surface area contributed by atoms with Crippen LogP contribution in [-0.4, -0.2) is 23.9 Å². The van der Waals surface area contributed by atoms with Crippen LogP contribution in [0.3, 0.4) is 0 Å². The average molecular weight is 247 g/mol. The van der Waals surface area contributed by atoms with Gasteiger partial charge in [0.05, 0.1) is 11.1 Å². The maximum absolute atomic E-state index is 12.1. The van der Waals surface area contributed by atoms with Gasteiger partial charge in [-0.1, -0.05) is 6.07 Å². The molecular formula is C14H17NO3. The zero-order chi connectivity index (χ0) is 13.3. The molecule has 0 bridgehead atoms. The normalized spacial score (nSPS) is 14.7. The Morgan fingerprint density at radius 1 is 1.33 bits per heavy atom. The molecule has 1 N–H and O–H groups in total. The first kappa shape index (κ1) is 12.6. The van der Waals surface area contributed by atoms with Crippen molar-refractivity contribution in [1.29, 1.82) is 0 Å². The van der Waals surface area contributed by atoms with Crippen molar-refractivity contribution in [2.45, 2.75) is 32.8 Å². The van der Waals surface area contributed by atoms with Gasteiger partial charge in [-0.3, -0.25) is 4.79 Å². The average Bonchev–Trinajstić information content (AvgIpc) is 2.26. The van der Waals surface area contributed by atoms with Crippen molar-refractivity contribution in [3.8, 4) is 0 Å². The van der Waals surface area contributed by atoms with E-state index in [4.69, 9.17) is 4.74 Å². The van der Waals surface area contributed by atoms with Crippen LogP contribution in [-0.2, 0) is 4.74 Å². The van der Waals surface area contributed by atoms with Gasteiger partial charge in [-0.2, -0.15) is 0 Å². The summed E-state index contributed by atoms with van der Waals surface area (Å²) < 4.78 is 5.32. The topological polar surface area (TPSA) is 55.4 Å². The molecule has 0 radical (unpaired) electrons. The Balaban J connectivity index is 2.40. The lowest BCUT2D eigenvalue weighted by molar-refractivity contribution is 0.00677. The van der Waals surface area contributed by atoms with Crippen LogP contribution < -0.4 is 5.32 Å². The summed E-state index contributed by atoms with van der Waals surface area (Å²) in [6.07, 6.45) is 0.410. The lowest BCUT2D eigenvalue weighted by atomic mass is 9.96. The summed E-state index contributed by atoms with van der Waals surface area (Å²) in [5, 5.41) is 3.12. The lowest BCUT2D eigenvalue weighted by Crippen LogP contribution is -2.27. The second kappa shape index (κ2) is 4.44. The minimum absolute atomic E-state index is 0.00907. The van der Waals surface area contributed by atoms with Crippen LogP contribution in [0.2, 0.25) is 0 Å². The van der Waals surface area contributed by atoms with E-state index in [0.29, 0.717) is 24.1 Å². The zero-order valence-electron chi connectivity index (χ0n) is 10.9. The first-order valence-corrected chi connectivity index (χ1v) is 6.02. The molecule has 18 heavy (non-hydrogen) atoms. The highest BCUT2D eigenvalue weighted by atomic mass is 16.6. The predicted octanol–water partition coefficient (Wildman–Crippen LogP) is 2.64. The van der Waals surface area contributed by atoms with Crippen molar-refractivity contribution < 1.29 is 14.3 Å². The molecule has 0 saturated carbocycles. The molecule has 0 fully saturated rings. The molecule has 1 aliphatic heterocycles. The first-order chi connectivity index (χ1) is 8.38. The molecule has 2 rings (SSSR count). The maximum Gasteiger partial charge on any atom is 0.339 e. The number of nitrogens with one attached hydrogen (secondary N) is 1. The highest BCUT2D eigenvalue weighted by Crippen LogP contribution is 2.26. The van der Waals surface area contributed by atoms with Gasteiger partial charge >= 0.3 is 5.97 Å². The quantitative estimate of drug-likeness (QED) is 0.775. The number of Topliss-reactive ketones (excluding diaryl/α,β-unsaturated/α-hetero) is 1. The highest BCUT2D eigenvalue weighted by molar-refractivity contribution is 6.11. The fourth-order valence-electron chi connectivity index (χ4n) is 1.94.